The lowest BCUT2D eigenvalue weighted by atomic mass is 10.1. The van der Waals surface area contributed by atoms with E-state index < -0.39 is 17.5 Å². The minimum Gasteiger partial charge on any atom is -0.315 e. The fourth-order valence-electron chi connectivity index (χ4n) is 1.90. The summed E-state index contributed by atoms with van der Waals surface area (Å²) in [6.07, 6.45) is -4.44. The van der Waals surface area contributed by atoms with Crippen molar-refractivity contribution in [2.24, 2.45) is 0 Å². The maximum absolute atomic E-state index is 12.9. The third kappa shape index (κ3) is 2.01. The highest BCUT2D eigenvalue weighted by atomic mass is 19.4. The van der Waals surface area contributed by atoms with Gasteiger partial charge in [0.1, 0.15) is 0 Å². The Labute approximate surface area is 97.1 Å². The molecule has 0 radical (unpaired) electrons. The molecule has 0 aliphatic rings. The Hall–Kier alpha value is -1.52. The maximum Gasteiger partial charge on any atom is 0.449 e. The summed E-state index contributed by atoms with van der Waals surface area (Å²) in [5.74, 6) is -0.841. The van der Waals surface area contributed by atoms with E-state index in [-0.39, 0.29) is 0 Å². The van der Waals surface area contributed by atoms with Crippen LogP contribution in [0.2, 0.25) is 0 Å². The predicted octanol–water partition coefficient (Wildman–Crippen LogP) is 3.81. The number of aromatic nitrogens is 2. The van der Waals surface area contributed by atoms with Crippen molar-refractivity contribution in [3.63, 3.8) is 0 Å². The molecular weight excluding hydrogens is 229 g/mol. The molecule has 1 heterocycles. The molecule has 0 spiro atoms. The Morgan fingerprint density at radius 3 is 2.18 bits per heavy atom. The van der Waals surface area contributed by atoms with Crippen molar-refractivity contribution in [2.45, 2.75) is 32.5 Å². The number of alkyl halides is 3. The molecular formula is C12H13F3N2. The SMILES string of the molecule is CC(C)(C)n1c(C(F)(F)F)nc2ccccc21. The number of imidazole rings is 1. The number of rotatable bonds is 0. The summed E-state index contributed by atoms with van der Waals surface area (Å²) in [6.45, 7) is 5.20. The topological polar surface area (TPSA) is 17.8 Å². The molecule has 0 saturated carbocycles. The Bertz CT molecular complexity index is 547. The van der Waals surface area contributed by atoms with Gasteiger partial charge in [0.2, 0.25) is 5.82 Å². The first kappa shape index (κ1) is 12.0. The van der Waals surface area contributed by atoms with Crippen LogP contribution in [-0.4, -0.2) is 9.55 Å². The molecule has 0 amide bonds. The van der Waals surface area contributed by atoms with E-state index in [9.17, 15) is 13.2 Å². The third-order valence-corrected chi connectivity index (χ3v) is 2.49. The van der Waals surface area contributed by atoms with Crippen LogP contribution >= 0.6 is 0 Å². The number of benzene rings is 1. The number of halogens is 3. The van der Waals surface area contributed by atoms with Gasteiger partial charge in [-0.05, 0) is 32.9 Å². The van der Waals surface area contributed by atoms with Crippen LogP contribution in [-0.2, 0) is 11.7 Å². The lowest BCUT2D eigenvalue weighted by Crippen LogP contribution is -2.27. The average Bonchev–Trinajstić information content (AvgIpc) is 2.54. The predicted molar refractivity (Wildman–Crippen MR) is 59.7 cm³/mol. The van der Waals surface area contributed by atoms with Gasteiger partial charge < -0.3 is 4.57 Å². The molecule has 5 heteroatoms. The van der Waals surface area contributed by atoms with Crippen LogP contribution in [0, 0.1) is 0 Å². The first-order valence-electron chi connectivity index (χ1n) is 5.26. The molecule has 2 aromatic rings. The van der Waals surface area contributed by atoms with Crippen molar-refractivity contribution >= 4 is 11.0 Å². The highest BCUT2D eigenvalue weighted by molar-refractivity contribution is 5.76. The van der Waals surface area contributed by atoms with Crippen LogP contribution in [0.4, 0.5) is 13.2 Å². The lowest BCUT2D eigenvalue weighted by molar-refractivity contribution is -0.148. The second-order valence-electron chi connectivity index (χ2n) is 4.93. The Kier molecular flexibility index (Phi) is 2.45. The molecule has 92 valence electrons. The molecule has 0 N–H and O–H groups in total. The van der Waals surface area contributed by atoms with E-state index in [1.165, 1.54) is 4.57 Å². The van der Waals surface area contributed by atoms with Crippen LogP contribution in [0.5, 0.6) is 0 Å². The summed E-state index contributed by atoms with van der Waals surface area (Å²) in [7, 11) is 0. The zero-order valence-electron chi connectivity index (χ0n) is 9.84. The zero-order valence-corrected chi connectivity index (χ0v) is 9.84. The van der Waals surface area contributed by atoms with Crippen molar-refractivity contribution in [3.8, 4) is 0 Å². The summed E-state index contributed by atoms with van der Waals surface area (Å²) in [5.41, 5.74) is 0.211. The molecule has 0 saturated heterocycles. The smallest absolute Gasteiger partial charge is 0.315 e. The van der Waals surface area contributed by atoms with Crippen LogP contribution in [0.25, 0.3) is 11.0 Å². The normalized spacial score (nSPS) is 13.3. The van der Waals surface area contributed by atoms with E-state index >= 15 is 0 Å². The van der Waals surface area contributed by atoms with Gasteiger partial charge in [0.15, 0.2) is 0 Å². The van der Waals surface area contributed by atoms with E-state index in [1.54, 1.807) is 45.0 Å². The average molecular weight is 242 g/mol. The molecule has 2 rings (SSSR count). The molecule has 0 bridgehead atoms. The summed E-state index contributed by atoms with van der Waals surface area (Å²) >= 11 is 0. The van der Waals surface area contributed by atoms with E-state index in [1.807, 2.05) is 0 Å². The van der Waals surface area contributed by atoms with Crippen molar-refractivity contribution in [1.82, 2.24) is 9.55 Å². The summed E-state index contributed by atoms with van der Waals surface area (Å²) in [5, 5.41) is 0. The standard InChI is InChI=1S/C12H13F3N2/c1-11(2,3)17-9-7-5-4-6-8(9)16-10(17)12(13,14)15/h4-7H,1-3H3. The minimum atomic E-state index is -4.44. The summed E-state index contributed by atoms with van der Waals surface area (Å²) in [4.78, 5) is 3.69. The first-order valence-corrected chi connectivity index (χ1v) is 5.26. The monoisotopic (exact) mass is 242 g/mol. The van der Waals surface area contributed by atoms with Gasteiger partial charge in [-0.3, -0.25) is 0 Å². The second-order valence-corrected chi connectivity index (χ2v) is 4.93. The second kappa shape index (κ2) is 3.48. The molecule has 0 atom stereocenters. The van der Waals surface area contributed by atoms with Crippen LogP contribution in [0.1, 0.15) is 26.6 Å². The molecule has 0 aliphatic carbocycles. The molecule has 17 heavy (non-hydrogen) atoms. The highest BCUT2D eigenvalue weighted by Crippen LogP contribution is 2.35. The van der Waals surface area contributed by atoms with Gasteiger partial charge in [-0.2, -0.15) is 13.2 Å². The van der Waals surface area contributed by atoms with Crippen molar-refractivity contribution in [2.75, 3.05) is 0 Å². The van der Waals surface area contributed by atoms with Gasteiger partial charge in [-0.1, -0.05) is 12.1 Å². The fraction of sp³-hybridized carbons (Fsp3) is 0.417. The van der Waals surface area contributed by atoms with Gasteiger partial charge in [0, 0.05) is 5.54 Å². The number of para-hydroxylation sites is 2. The van der Waals surface area contributed by atoms with Crippen molar-refractivity contribution < 1.29 is 13.2 Å². The van der Waals surface area contributed by atoms with Crippen LogP contribution < -0.4 is 0 Å². The molecule has 1 aromatic heterocycles. The number of hydrogen-bond acceptors (Lipinski definition) is 1. The Morgan fingerprint density at radius 2 is 1.65 bits per heavy atom. The first-order chi connectivity index (χ1) is 7.71. The molecule has 0 fully saturated rings. The molecule has 0 aliphatic heterocycles. The van der Waals surface area contributed by atoms with E-state index in [0.717, 1.165) is 0 Å². The lowest BCUT2D eigenvalue weighted by Gasteiger charge is -2.25. The largest absolute Gasteiger partial charge is 0.449 e. The van der Waals surface area contributed by atoms with Gasteiger partial charge in [-0.15, -0.1) is 0 Å². The van der Waals surface area contributed by atoms with E-state index in [2.05, 4.69) is 4.98 Å². The van der Waals surface area contributed by atoms with Crippen LogP contribution in [0.15, 0.2) is 24.3 Å². The van der Waals surface area contributed by atoms with E-state index in [4.69, 9.17) is 0 Å². The van der Waals surface area contributed by atoms with Crippen LogP contribution in [0.3, 0.4) is 0 Å². The fourth-order valence-corrected chi connectivity index (χ4v) is 1.90. The van der Waals surface area contributed by atoms with Gasteiger partial charge in [0.25, 0.3) is 0 Å². The Balaban J connectivity index is 2.84. The van der Waals surface area contributed by atoms with Gasteiger partial charge in [0.05, 0.1) is 11.0 Å². The number of hydrogen-bond donors (Lipinski definition) is 0. The van der Waals surface area contributed by atoms with Crippen molar-refractivity contribution in [3.05, 3.63) is 30.1 Å². The zero-order chi connectivity index (χ0) is 12.8. The highest BCUT2D eigenvalue weighted by Gasteiger charge is 2.40. The molecule has 0 unspecified atom stereocenters. The summed E-state index contributed by atoms with van der Waals surface area (Å²) in [6, 6.07) is 6.64. The molecule has 2 nitrogen and oxygen atoms in total. The Morgan fingerprint density at radius 1 is 1.06 bits per heavy atom. The number of fused-ring (bicyclic) bond motifs is 1. The van der Waals surface area contributed by atoms with Gasteiger partial charge in [-0.25, -0.2) is 4.98 Å². The molecule has 1 aromatic carbocycles. The number of nitrogens with zero attached hydrogens (tertiary/aromatic N) is 2. The van der Waals surface area contributed by atoms with Crippen molar-refractivity contribution in [1.29, 1.82) is 0 Å². The van der Waals surface area contributed by atoms with E-state index in [0.29, 0.717) is 11.0 Å². The van der Waals surface area contributed by atoms with Gasteiger partial charge >= 0.3 is 6.18 Å². The third-order valence-electron chi connectivity index (χ3n) is 2.49. The summed E-state index contributed by atoms with van der Waals surface area (Å²) < 4.78 is 40.0. The maximum atomic E-state index is 12.9. The minimum absolute atomic E-state index is 0.370. The quantitative estimate of drug-likeness (QED) is 0.686.